The van der Waals surface area contributed by atoms with Crippen LogP contribution in [0.15, 0.2) is 47.6 Å². The zero-order chi connectivity index (χ0) is 10.1. The summed E-state index contributed by atoms with van der Waals surface area (Å²) in [5.74, 6) is 0. The van der Waals surface area contributed by atoms with Crippen molar-refractivity contribution in [3.8, 4) is 0 Å². The lowest BCUT2D eigenvalue weighted by Gasteiger charge is -2.12. The average molecular weight is 196 g/mol. The third kappa shape index (κ3) is 1.38. The van der Waals surface area contributed by atoms with Crippen LogP contribution >= 0.6 is 0 Å². The monoisotopic (exact) mass is 196 g/mol. The van der Waals surface area contributed by atoms with Crippen molar-refractivity contribution in [1.82, 2.24) is 4.98 Å². The molecule has 0 atom stereocenters. The van der Waals surface area contributed by atoms with Crippen LogP contribution in [0.25, 0.3) is 0 Å². The van der Waals surface area contributed by atoms with Crippen LogP contribution in [0.3, 0.4) is 0 Å². The van der Waals surface area contributed by atoms with Crippen LogP contribution < -0.4 is 0 Å². The summed E-state index contributed by atoms with van der Waals surface area (Å²) in [6.07, 6.45) is 3.02. The van der Waals surface area contributed by atoms with Gasteiger partial charge in [0.15, 0.2) is 0 Å². The second-order valence-electron chi connectivity index (χ2n) is 3.72. The predicted octanol–water partition coefficient (Wildman–Crippen LogP) is 2.41. The van der Waals surface area contributed by atoms with E-state index in [9.17, 15) is 0 Å². The van der Waals surface area contributed by atoms with E-state index in [1.54, 1.807) is 0 Å². The Morgan fingerprint density at radius 3 is 2.80 bits per heavy atom. The maximum Gasteiger partial charge on any atom is 0.0737 e. The zero-order valence-electron chi connectivity index (χ0n) is 8.40. The summed E-state index contributed by atoms with van der Waals surface area (Å²) in [7, 11) is 0. The Morgan fingerprint density at radius 1 is 1.07 bits per heavy atom. The second kappa shape index (κ2) is 3.39. The molecule has 0 bridgehead atoms. The summed E-state index contributed by atoms with van der Waals surface area (Å²) in [5, 5.41) is 0. The summed E-state index contributed by atoms with van der Waals surface area (Å²) >= 11 is 0. The largest absolute Gasteiger partial charge is 0.364 e. The number of aliphatic imine (C=N–C) groups is 1. The summed E-state index contributed by atoms with van der Waals surface area (Å²) < 4.78 is 0. The van der Waals surface area contributed by atoms with Gasteiger partial charge in [-0.3, -0.25) is 4.99 Å². The fourth-order valence-corrected chi connectivity index (χ4v) is 2.04. The van der Waals surface area contributed by atoms with Crippen molar-refractivity contribution in [2.75, 3.05) is 6.54 Å². The molecule has 0 unspecified atom stereocenters. The number of nitrogens with zero attached hydrogens (tertiary/aromatic N) is 1. The van der Waals surface area contributed by atoms with E-state index in [1.165, 1.54) is 16.8 Å². The first-order chi connectivity index (χ1) is 7.45. The number of benzene rings is 1. The highest BCUT2D eigenvalue weighted by atomic mass is 14.8. The van der Waals surface area contributed by atoms with E-state index < -0.39 is 0 Å². The number of aromatic nitrogens is 1. The second-order valence-corrected chi connectivity index (χ2v) is 3.72. The minimum absolute atomic E-state index is 0.887. The molecule has 1 N–H and O–H groups in total. The van der Waals surface area contributed by atoms with Crippen LogP contribution in [0.4, 0.5) is 0 Å². The number of fused-ring (bicyclic) bond motifs is 1. The number of H-pyrrole nitrogens is 1. The Hall–Kier alpha value is -1.83. The molecule has 0 fully saturated rings. The molecular weight excluding hydrogens is 184 g/mol. The molecule has 2 nitrogen and oxygen atoms in total. The highest BCUT2D eigenvalue weighted by Gasteiger charge is 2.15. The molecule has 0 saturated carbocycles. The van der Waals surface area contributed by atoms with Gasteiger partial charge in [0, 0.05) is 36.0 Å². The molecule has 2 heterocycles. The molecule has 0 spiro atoms. The van der Waals surface area contributed by atoms with Gasteiger partial charge in [-0.15, -0.1) is 0 Å². The van der Waals surface area contributed by atoms with Gasteiger partial charge in [0.2, 0.25) is 0 Å². The lowest BCUT2D eigenvalue weighted by atomic mass is 9.99. The Labute approximate surface area is 88.7 Å². The summed E-state index contributed by atoms with van der Waals surface area (Å²) in [5.41, 5.74) is 4.90. The van der Waals surface area contributed by atoms with Gasteiger partial charge in [0.05, 0.1) is 5.71 Å². The van der Waals surface area contributed by atoms with E-state index >= 15 is 0 Å². The van der Waals surface area contributed by atoms with Gasteiger partial charge >= 0.3 is 0 Å². The minimum Gasteiger partial charge on any atom is -0.364 e. The smallest absolute Gasteiger partial charge is 0.0737 e. The maximum atomic E-state index is 4.61. The Morgan fingerprint density at radius 2 is 1.93 bits per heavy atom. The number of hydrogen-bond donors (Lipinski definition) is 1. The van der Waals surface area contributed by atoms with Gasteiger partial charge in [-0.25, -0.2) is 0 Å². The summed E-state index contributed by atoms with van der Waals surface area (Å²) in [6, 6.07) is 12.5. The third-order valence-corrected chi connectivity index (χ3v) is 2.77. The fraction of sp³-hybridized carbons (Fsp3) is 0.154. The Bertz CT molecular complexity index is 494. The van der Waals surface area contributed by atoms with Crippen molar-refractivity contribution in [1.29, 1.82) is 0 Å². The molecule has 2 aromatic rings. The molecule has 0 radical (unpaired) electrons. The van der Waals surface area contributed by atoms with E-state index in [0.29, 0.717) is 0 Å². The van der Waals surface area contributed by atoms with E-state index in [4.69, 9.17) is 0 Å². The van der Waals surface area contributed by atoms with Crippen molar-refractivity contribution in [2.45, 2.75) is 6.42 Å². The number of rotatable bonds is 1. The van der Waals surface area contributed by atoms with Gasteiger partial charge in [0.25, 0.3) is 0 Å². The van der Waals surface area contributed by atoms with Crippen molar-refractivity contribution < 1.29 is 0 Å². The van der Waals surface area contributed by atoms with Crippen LogP contribution in [0.1, 0.15) is 16.8 Å². The van der Waals surface area contributed by atoms with Crippen LogP contribution in [0.2, 0.25) is 0 Å². The highest BCUT2D eigenvalue weighted by molar-refractivity contribution is 6.14. The molecule has 1 aromatic carbocycles. The summed E-state index contributed by atoms with van der Waals surface area (Å²) in [4.78, 5) is 7.89. The number of aromatic amines is 1. The van der Waals surface area contributed by atoms with Crippen LogP contribution in [-0.4, -0.2) is 17.2 Å². The molecule has 0 aliphatic carbocycles. The summed E-state index contributed by atoms with van der Waals surface area (Å²) in [6.45, 7) is 0.887. The third-order valence-electron chi connectivity index (χ3n) is 2.77. The fourth-order valence-electron chi connectivity index (χ4n) is 2.04. The van der Waals surface area contributed by atoms with E-state index in [1.807, 2.05) is 12.3 Å². The predicted molar refractivity (Wildman–Crippen MR) is 61.4 cm³/mol. The molecule has 15 heavy (non-hydrogen) atoms. The van der Waals surface area contributed by atoms with Crippen LogP contribution in [0.5, 0.6) is 0 Å². The van der Waals surface area contributed by atoms with Gasteiger partial charge < -0.3 is 4.98 Å². The molecule has 0 amide bonds. The van der Waals surface area contributed by atoms with E-state index in [0.717, 1.165) is 18.7 Å². The number of nitrogens with one attached hydrogen (secondary N) is 1. The lowest BCUT2D eigenvalue weighted by Crippen LogP contribution is -2.12. The minimum atomic E-state index is 0.887. The van der Waals surface area contributed by atoms with E-state index in [2.05, 4.69) is 40.3 Å². The van der Waals surface area contributed by atoms with Gasteiger partial charge in [0.1, 0.15) is 0 Å². The molecule has 1 aliphatic rings. The van der Waals surface area contributed by atoms with Gasteiger partial charge in [-0.1, -0.05) is 30.3 Å². The first kappa shape index (κ1) is 8.48. The Balaban J connectivity index is 2.12. The highest BCUT2D eigenvalue weighted by Crippen LogP contribution is 2.18. The molecule has 1 aromatic heterocycles. The van der Waals surface area contributed by atoms with Crippen molar-refractivity contribution >= 4 is 5.71 Å². The SMILES string of the molecule is c1ccc(C2=NCCc3[nH]ccc32)cc1. The van der Waals surface area contributed by atoms with Gasteiger partial charge in [-0.2, -0.15) is 0 Å². The molecule has 1 aliphatic heterocycles. The van der Waals surface area contributed by atoms with Crippen LogP contribution in [-0.2, 0) is 6.42 Å². The first-order valence-electron chi connectivity index (χ1n) is 5.21. The van der Waals surface area contributed by atoms with Gasteiger partial charge in [-0.05, 0) is 6.07 Å². The zero-order valence-corrected chi connectivity index (χ0v) is 8.40. The topological polar surface area (TPSA) is 28.1 Å². The Kier molecular flexibility index (Phi) is 1.91. The van der Waals surface area contributed by atoms with Crippen LogP contribution in [0, 0.1) is 0 Å². The van der Waals surface area contributed by atoms with Crippen molar-refractivity contribution in [3.05, 3.63) is 59.4 Å². The quantitative estimate of drug-likeness (QED) is 0.725. The molecule has 2 heteroatoms. The molecule has 3 rings (SSSR count). The standard InChI is InChI=1S/C13H12N2/c1-2-4-10(5-3-1)13-11-6-8-14-12(11)7-9-15-13/h1-6,8,14H,7,9H2. The normalized spacial score (nSPS) is 14.5. The first-order valence-corrected chi connectivity index (χ1v) is 5.21. The molecule has 74 valence electrons. The maximum absolute atomic E-state index is 4.61. The molecule has 0 saturated heterocycles. The lowest BCUT2D eigenvalue weighted by molar-refractivity contribution is 0.914. The van der Waals surface area contributed by atoms with Crippen molar-refractivity contribution in [2.24, 2.45) is 4.99 Å². The number of hydrogen-bond acceptors (Lipinski definition) is 1. The van der Waals surface area contributed by atoms with E-state index in [-0.39, 0.29) is 0 Å². The average Bonchev–Trinajstić information content (AvgIpc) is 2.78. The molecular formula is C13H12N2. The van der Waals surface area contributed by atoms with Crippen molar-refractivity contribution in [3.63, 3.8) is 0 Å².